The molecule has 2 nitrogen and oxygen atoms in total. The Kier molecular flexibility index (Phi) is 4.93. The third-order valence-electron chi connectivity index (χ3n) is 3.67. The van der Waals surface area contributed by atoms with Crippen molar-refractivity contribution in [3.05, 3.63) is 70.2 Å². The molecule has 0 fully saturated rings. The lowest BCUT2D eigenvalue weighted by Gasteiger charge is -2.31. The van der Waals surface area contributed by atoms with Crippen LogP contribution in [0.1, 0.15) is 11.1 Å². The standard InChI is InChI=1S/C16H16ClF2NO/c17-15-7-14(19)5-4-11(15)8-16(9-20,10-21)12-2-1-3-13(18)6-12/h1-7,21H,8-10,20H2. The predicted molar refractivity (Wildman–Crippen MR) is 79.3 cm³/mol. The molecule has 0 aliphatic carbocycles. The molecule has 5 heteroatoms. The van der Waals surface area contributed by atoms with Gasteiger partial charge < -0.3 is 10.8 Å². The minimum absolute atomic E-state index is 0.112. The number of nitrogens with two attached hydrogens (primary N) is 1. The largest absolute Gasteiger partial charge is 0.395 e. The molecule has 3 N–H and O–H groups in total. The van der Waals surface area contributed by atoms with Crippen LogP contribution in [0.15, 0.2) is 42.5 Å². The molecule has 1 unspecified atom stereocenters. The molecule has 0 saturated carbocycles. The zero-order valence-electron chi connectivity index (χ0n) is 11.3. The number of hydrogen-bond acceptors (Lipinski definition) is 2. The topological polar surface area (TPSA) is 46.2 Å². The van der Waals surface area contributed by atoms with Crippen LogP contribution in [0.5, 0.6) is 0 Å². The van der Waals surface area contributed by atoms with Gasteiger partial charge in [-0.15, -0.1) is 0 Å². The Balaban J connectivity index is 2.43. The molecule has 0 bridgehead atoms. The summed E-state index contributed by atoms with van der Waals surface area (Å²) >= 11 is 6.03. The van der Waals surface area contributed by atoms with Crippen molar-refractivity contribution in [2.75, 3.05) is 13.2 Å². The van der Waals surface area contributed by atoms with Crippen molar-refractivity contribution < 1.29 is 13.9 Å². The van der Waals surface area contributed by atoms with Gasteiger partial charge in [0.15, 0.2) is 0 Å². The fourth-order valence-corrected chi connectivity index (χ4v) is 2.59. The van der Waals surface area contributed by atoms with E-state index in [1.807, 2.05) is 0 Å². The smallest absolute Gasteiger partial charge is 0.124 e. The van der Waals surface area contributed by atoms with E-state index in [-0.39, 0.29) is 18.2 Å². The molecular formula is C16H16ClF2NO. The number of rotatable bonds is 5. The molecule has 0 radical (unpaired) electrons. The molecule has 1 atom stereocenters. The van der Waals surface area contributed by atoms with Crippen molar-refractivity contribution >= 4 is 11.6 Å². The maximum atomic E-state index is 13.4. The molecule has 21 heavy (non-hydrogen) atoms. The van der Waals surface area contributed by atoms with Crippen molar-refractivity contribution in [2.45, 2.75) is 11.8 Å². The Hall–Kier alpha value is -1.49. The number of benzene rings is 2. The van der Waals surface area contributed by atoms with Crippen LogP contribution < -0.4 is 5.73 Å². The molecular weight excluding hydrogens is 296 g/mol. The van der Waals surface area contributed by atoms with E-state index >= 15 is 0 Å². The van der Waals surface area contributed by atoms with Crippen LogP contribution in [-0.2, 0) is 11.8 Å². The van der Waals surface area contributed by atoms with Crippen LogP contribution in [0.2, 0.25) is 5.02 Å². The van der Waals surface area contributed by atoms with Gasteiger partial charge in [0, 0.05) is 17.0 Å². The second-order valence-electron chi connectivity index (χ2n) is 5.07. The van der Waals surface area contributed by atoms with Crippen molar-refractivity contribution in [3.8, 4) is 0 Å². The summed E-state index contributed by atoms with van der Waals surface area (Å²) in [6.45, 7) is -0.151. The number of hydrogen-bond donors (Lipinski definition) is 2. The molecule has 0 aliphatic rings. The van der Waals surface area contributed by atoms with Crippen LogP contribution in [0.3, 0.4) is 0 Å². The minimum atomic E-state index is -0.858. The summed E-state index contributed by atoms with van der Waals surface area (Å²) in [5.74, 6) is -0.833. The van der Waals surface area contributed by atoms with Crippen LogP contribution in [0.25, 0.3) is 0 Å². The highest BCUT2D eigenvalue weighted by atomic mass is 35.5. The molecule has 112 valence electrons. The van der Waals surface area contributed by atoms with Gasteiger partial charge >= 0.3 is 0 Å². The summed E-state index contributed by atoms with van der Waals surface area (Å²) < 4.78 is 26.6. The second kappa shape index (κ2) is 6.52. The average Bonchev–Trinajstić information content (AvgIpc) is 2.47. The van der Waals surface area contributed by atoms with E-state index in [1.54, 1.807) is 18.2 Å². The van der Waals surface area contributed by atoms with Crippen molar-refractivity contribution in [1.82, 2.24) is 0 Å². The van der Waals surface area contributed by atoms with Gasteiger partial charge in [-0.1, -0.05) is 29.8 Å². The SMILES string of the molecule is NCC(CO)(Cc1ccc(F)cc1Cl)c1cccc(F)c1. The zero-order chi connectivity index (χ0) is 15.5. The predicted octanol–water partition coefficient (Wildman–Crippen LogP) is 3.05. The highest BCUT2D eigenvalue weighted by Gasteiger charge is 2.31. The van der Waals surface area contributed by atoms with Crippen LogP contribution in [-0.4, -0.2) is 18.3 Å². The van der Waals surface area contributed by atoms with Crippen LogP contribution in [0, 0.1) is 11.6 Å². The van der Waals surface area contributed by atoms with Crippen molar-refractivity contribution in [2.24, 2.45) is 5.73 Å². The Morgan fingerprint density at radius 1 is 1.10 bits per heavy atom. The molecule has 0 saturated heterocycles. The van der Waals surface area contributed by atoms with E-state index in [0.717, 1.165) is 0 Å². The summed E-state index contributed by atoms with van der Waals surface area (Å²) in [7, 11) is 0. The van der Waals surface area contributed by atoms with Gasteiger partial charge in [-0.3, -0.25) is 0 Å². The van der Waals surface area contributed by atoms with E-state index in [4.69, 9.17) is 17.3 Å². The first-order valence-corrected chi connectivity index (χ1v) is 6.89. The Morgan fingerprint density at radius 3 is 2.38 bits per heavy atom. The summed E-state index contributed by atoms with van der Waals surface area (Å²) in [6.07, 6.45) is 0.294. The molecule has 0 aromatic heterocycles. The van der Waals surface area contributed by atoms with Gasteiger partial charge in [-0.05, 0) is 41.8 Å². The van der Waals surface area contributed by atoms with Crippen molar-refractivity contribution in [3.63, 3.8) is 0 Å². The molecule has 2 aromatic carbocycles. The summed E-state index contributed by atoms with van der Waals surface area (Å²) in [6, 6.07) is 10.0. The van der Waals surface area contributed by atoms with Gasteiger partial charge in [0.25, 0.3) is 0 Å². The van der Waals surface area contributed by atoms with Gasteiger partial charge in [-0.25, -0.2) is 8.78 Å². The summed E-state index contributed by atoms with van der Waals surface area (Å²) in [5, 5.41) is 10.1. The van der Waals surface area contributed by atoms with E-state index in [9.17, 15) is 13.9 Å². The first-order valence-electron chi connectivity index (χ1n) is 6.52. The molecule has 0 spiro atoms. The van der Waals surface area contributed by atoms with Gasteiger partial charge in [0.2, 0.25) is 0 Å². The Morgan fingerprint density at radius 2 is 1.81 bits per heavy atom. The quantitative estimate of drug-likeness (QED) is 0.891. The highest BCUT2D eigenvalue weighted by Crippen LogP contribution is 2.31. The van der Waals surface area contributed by atoms with Gasteiger partial charge in [0.1, 0.15) is 11.6 Å². The normalized spacial score (nSPS) is 14.0. The molecule has 2 aromatic rings. The fraction of sp³-hybridized carbons (Fsp3) is 0.250. The third-order valence-corrected chi connectivity index (χ3v) is 4.03. The first kappa shape index (κ1) is 15.9. The fourth-order valence-electron chi connectivity index (χ4n) is 2.35. The Bertz CT molecular complexity index is 629. The molecule has 0 aliphatic heterocycles. The monoisotopic (exact) mass is 311 g/mol. The lowest BCUT2D eigenvalue weighted by molar-refractivity contribution is 0.195. The number of aliphatic hydroxyl groups is 1. The summed E-state index contributed by atoms with van der Waals surface area (Å²) in [4.78, 5) is 0. The zero-order valence-corrected chi connectivity index (χ0v) is 12.1. The van der Waals surface area contributed by atoms with E-state index in [2.05, 4.69) is 0 Å². The maximum Gasteiger partial charge on any atom is 0.124 e. The highest BCUT2D eigenvalue weighted by molar-refractivity contribution is 6.31. The van der Waals surface area contributed by atoms with Crippen LogP contribution >= 0.6 is 11.6 Å². The second-order valence-corrected chi connectivity index (χ2v) is 5.47. The first-order chi connectivity index (χ1) is 10.0. The van der Waals surface area contributed by atoms with Crippen LogP contribution in [0.4, 0.5) is 8.78 Å². The van der Waals surface area contributed by atoms with Gasteiger partial charge in [0.05, 0.1) is 6.61 Å². The van der Waals surface area contributed by atoms with E-state index in [1.165, 1.54) is 24.3 Å². The Labute approximate surface area is 127 Å². The van der Waals surface area contributed by atoms with Crippen molar-refractivity contribution in [1.29, 1.82) is 0 Å². The van der Waals surface area contributed by atoms with E-state index in [0.29, 0.717) is 17.5 Å². The number of halogens is 3. The number of aliphatic hydroxyl groups excluding tert-OH is 1. The molecule has 0 amide bonds. The lowest BCUT2D eigenvalue weighted by Crippen LogP contribution is -2.41. The summed E-state index contributed by atoms with van der Waals surface area (Å²) in [5.41, 5.74) is 6.22. The molecule has 0 heterocycles. The maximum absolute atomic E-state index is 13.4. The average molecular weight is 312 g/mol. The lowest BCUT2D eigenvalue weighted by atomic mass is 9.76. The van der Waals surface area contributed by atoms with E-state index < -0.39 is 17.0 Å². The van der Waals surface area contributed by atoms with Gasteiger partial charge in [-0.2, -0.15) is 0 Å². The molecule has 2 rings (SSSR count). The minimum Gasteiger partial charge on any atom is -0.395 e. The third kappa shape index (κ3) is 3.40.